The van der Waals surface area contributed by atoms with Gasteiger partial charge in [0.2, 0.25) is 9.84 Å². The van der Waals surface area contributed by atoms with Crippen LogP contribution < -0.4 is 5.73 Å². The van der Waals surface area contributed by atoms with Crippen LogP contribution in [0.3, 0.4) is 0 Å². The Bertz CT molecular complexity index is 1650. The van der Waals surface area contributed by atoms with Crippen molar-refractivity contribution in [2.75, 3.05) is 5.73 Å². The number of hydrogen-bond acceptors (Lipinski definition) is 5. The van der Waals surface area contributed by atoms with Crippen LogP contribution in [0.25, 0.3) is 22.2 Å². The van der Waals surface area contributed by atoms with Gasteiger partial charge in [-0.1, -0.05) is 48.5 Å². The van der Waals surface area contributed by atoms with E-state index >= 15 is 0 Å². The van der Waals surface area contributed by atoms with Crippen molar-refractivity contribution in [3.8, 4) is 0 Å². The number of rotatable bonds is 4. The molecule has 0 unspecified atom stereocenters. The molecule has 0 fully saturated rings. The van der Waals surface area contributed by atoms with Gasteiger partial charge in [-0.2, -0.15) is 13.2 Å². The quantitative estimate of drug-likeness (QED) is 0.386. The number of para-hydroxylation sites is 2. The summed E-state index contributed by atoms with van der Waals surface area (Å²) >= 11 is 0. The first kappa shape index (κ1) is 21.9. The van der Waals surface area contributed by atoms with E-state index in [9.17, 15) is 21.6 Å². The van der Waals surface area contributed by atoms with Gasteiger partial charge in [0.1, 0.15) is 16.2 Å². The van der Waals surface area contributed by atoms with Gasteiger partial charge < -0.3 is 10.3 Å². The van der Waals surface area contributed by atoms with Crippen molar-refractivity contribution in [2.45, 2.75) is 22.5 Å². The van der Waals surface area contributed by atoms with Crippen molar-refractivity contribution in [1.82, 2.24) is 14.5 Å². The predicted molar refractivity (Wildman–Crippen MR) is 122 cm³/mol. The molecule has 3 aromatic carbocycles. The summed E-state index contributed by atoms with van der Waals surface area (Å²) in [6.07, 6.45) is -4.59. The first-order chi connectivity index (χ1) is 16.2. The lowest BCUT2D eigenvalue weighted by Gasteiger charge is -2.14. The SMILES string of the molecule is Nc1c(S(=O)(=O)c2ccccc2)c2nc3ccccc3nc2n1Cc1ccccc1C(F)(F)F. The first-order valence-corrected chi connectivity index (χ1v) is 11.7. The van der Waals surface area contributed by atoms with Crippen LogP contribution >= 0.6 is 0 Å². The van der Waals surface area contributed by atoms with Crippen molar-refractivity contribution in [3.05, 3.63) is 90.0 Å². The minimum absolute atomic E-state index is 0.00421. The number of nitrogen functional groups attached to an aromatic ring is 1. The van der Waals surface area contributed by atoms with Crippen LogP contribution in [-0.4, -0.2) is 23.0 Å². The zero-order valence-corrected chi connectivity index (χ0v) is 18.3. The molecule has 5 rings (SSSR count). The number of benzene rings is 3. The zero-order chi connectivity index (χ0) is 24.1. The van der Waals surface area contributed by atoms with Crippen molar-refractivity contribution in [3.63, 3.8) is 0 Å². The number of fused-ring (bicyclic) bond motifs is 2. The van der Waals surface area contributed by atoms with Crippen molar-refractivity contribution in [1.29, 1.82) is 0 Å². The number of alkyl halides is 3. The fourth-order valence-electron chi connectivity index (χ4n) is 3.94. The normalized spacial score (nSPS) is 12.4. The summed E-state index contributed by atoms with van der Waals surface area (Å²) in [7, 11) is -4.15. The van der Waals surface area contributed by atoms with E-state index in [0.717, 1.165) is 6.07 Å². The van der Waals surface area contributed by atoms with Crippen LogP contribution in [0.2, 0.25) is 0 Å². The highest BCUT2D eigenvalue weighted by Crippen LogP contribution is 2.37. The van der Waals surface area contributed by atoms with Gasteiger partial charge in [0.25, 0.3) is 0 Å². The van der Waals surface area contributed by atoms with E-state index in [1.807, 2.05) is 0 Å². The van der Waals surface area contributed by atoms with E-state index in [2.05, 4.69) is 9.97 Å². The van der Waals surface area contributed by atoms with E-state index < -0.39 is 21.6 Å². The third kappa shape index (κ3) is 3.56. The Kier molecular flexibility index (Phi) is 5.05. The monoisotopic (exact) mass is 482 g/mol. The molecular weight excluding hydrogens is 465 g/mol. The maximum absolute atomic E-state index is 13.6. The Hall–Kier alpha value is -3.92. The molecule has 0 radical (unpaired) electrons. The fraction of sp³-hybridized carbons (Fsp3) is 0.0833. The molecule has 2 aromatic heterocycles. The Balaban J connectivity index is 1.82. The van der Waals surface area contributed by atoms with Gasteiger partial charge in [-0.3, -0.25) is 0 Å². The highest BCUT2D eigenvalue weighted by Gasteiger charge is 2.34. The lowest BCUT2D eigenvalue weighted by molar-refractivity contribution is -0.138. The largest absolute Gasteiger partial charge is 0.416 e. The minimum atomic E-state index is -4.59. The molecule has 0 atom stereocenters. The molecule has 0 saturated heterocycles. The molecule has 0 saturated carbocycles. The summed E-state index contributed by atoms with van der Waals surface area (Å²) in [5, 5.41) is 0. The molecule has 0 aliphatic rings. The summed E-state index contributed by atoms with van der Waals surface area (Å²) in [4.78, 5) is 8.74. The van der Waals surface area contributed by atoms with E-state index in [-0.39, 0.29) is 38.9 Å². The average molecular weight is 482 g/mol. The molecule has 10 heteroatoms. The molecule has 0 aliphatic carbocycles. The van der Waals surface area contributed by atoms with Crippen LogP contribution in [0.1, 0.15) is 11.1 Å². The molecule has 172 valence electrons. The lowest BCUT2D eigenvalue weighted by Crippen LogP contribution is -2.13. The molecule has 5 aromatic rings. The second-order valence-electron chi connectivity index (χ2n) is 7.66. The Morgan fingerprint density at radius 2 is 1.41 bits per heavy atom. The number of sulfone groups is 1. The summed E-state index contributed by atoms with van der Waals surface area (Å²) in [5.41, 5.74) is 6.41. The second kappa shape index (κ2) is 7.84. The van der Waals surface area contributed by atoms with E-state index in [0.29, 0.717) is 11.0 Å². The lowest BCUT2D eigenvalue weighted by atomic mass is 10.1. The smallest absolute Gasteiger partial charge is 0.384 e. The predicted octanol–water partition coefficient (Wildman–Crippen LogP) is 5.07. The maximum atomic E-state index is 13.6. The number of halogens is 3. The van der Waals surface area contributed by atoms with Gasteiger partial charge in [-0.25, -0.2) is 18.4 Å². The maximum Gasteiger partial charge on any atom is 0.416 e. The van der Waals surface area contributed by atoms with Crippen molar-refractivity contribution >= 4 is 37.9 Å². The summed E-state index contributed by atoms with van der Waals surface area (Å²) in [5.74, 6) is -0.230. The highest BCUT2D eigenvalue weighted by atomic mass is 32.2. The van der Waals surface area contributed by atoms with Crippen LogP contribution in [0.5, 0.6) is 0 Å². The Labute approximate surface area is 192 Å². The van der Waals surface area contributed by atoms with Crippen LogP contribution in [0, 0.1) is 0 Å². The number of anilines is 1. The average Bonchev–Trinajstić information content (AvgIpc) is 3.08. The molecule has 6 nitrogen and oxygen atoms in total. The Morgan fingerprint density at radius 3 is 2.09 bits per heavy atom. The van der Waals surface area contributed by atoms with Gasteiger partial charge >= 0.3 is 6.18 Å². The van der Waals surface area contributed by atoms with Gasteiger partial charge in [0.15, 0.2) is 5.65 Å². The van der Waals surface area contributed by atoms with Gasteiger partial charge in [0.05, 0.1) is 28.0 Å². The van der Waals surface area contributed by atoms with Crippen LogP contribution in [0.15, 0.2) is 88.7 Å². The molecule has 0 aliphatic heterocycles. The molecule has 34 heavy (non-hydrogen) atoms. The van der Waals surface area contributed by atoms with E-state index in [4.69, 9.17) is 5.73 Å². The number of hydrogen-bond donors (Lipinski definition) is 1. The Morgan fingerprint density at radius 1 is 0.824 bits per heavy atom. The second-order valence-corrected chi connectivity index (χ2v) is 9.54. The van der Waals surface area contributed by atoms with Gasteiger partial charge in [-0.15, -0.1) is 0 Å². The van der Waals surface area contributed by atoms with E-state index in [1.165, 1.54) is 34.9 Å². The van der Waals surface area contributed by atoms with Crippen molar-refractivity contribution < 1.29 is 21.6 Å². The van der Waals surface area contributed by atoms with Crippen LogP contribution in [0.4, 0.5) is 19.0 Å². The summed E-state index contributed by atoms with van der Waals surface area (Å²) < 4.78 is 69.3. The molecule has 2 heterocycles. The summed E-state index contributed by atoms with van der Waals surface area (Å²) in [6, 6.07) is 19.6. The minimum Gasteiger partial charge on any atom is -0.384 e. The summed E-state index contributed by atoms with van der Waals surface area (Å²) in [6.45, 7) is -0.338. The standard InChI is InChI=1S/C24H17F3N4O2S/c25-24(26,27)17-11-5-4-8-15(17)14-31-22(28)21(34(32,33)16-9-2-1-3-10-16)20-23(31)30-19-13-7-6-12-18(19)29-20/h1-13H,14,28H2. The number of nitrogens with zero attached hydrogens (tertiary/aromatic N) is 3. The topological polar surface area (TPSA) is 90.9 Å². The fourth-order valence-corrected chi connectivity index (χ4v) is 5.46. The first-order valence-electron chi connectivity index (χ1n) is 10.2. The van der Waals surface area contributed by atoms with E-state index in [1.54, 1.807) is 42.5 Å². The van der Waals surface area contributed by atoms with Crippen molar-refractivity contribution in [2.24, 2.45) is 0 Å². The molecule has 0 bridgehead atoms. The molecule has 0 amide bonds. The molecule has 2 N–H and O–H groups in total. The van der Waals surface area contributed by atoms with Gasteiger partial charge in [-0.05, 0) is 35.9 Å². The molecular formula is C24H17F3N4O2S. The zero-order valence-electron chi connectivity index (χ0n) is 17.5. The third-order valence-electron chi connectivity index (χ3n) is 5.52. The number of nitrogens with two attached hydrogens (primary N) is 1. The van der Waals surface area contributed by atoms with Gasteiger partial charge in [0, 0.05) is 0 Å². The number of aromatic nitrogens is 3. The highest BCUT2D eigenvalue weighted by molar-refractivity contribution is 7.92. The third-order valence-corrected chi connectivity index (χ3v) is 7.35. The van der Waals surface area contributed by atoms with Crippen LogP contribution in [-0.2, 0) is 22.6 Å². The molecule has 0 spiro atoms.